The third-order valence-electron chi connectivity index (χ3n) is 22.2. The van der Waals surface area contributed by atoms with Crippen LogP contribution in [0.25, 0.3) is 33.1 Å². The maximum atomic E-state index is 7.31. The van der Waals surface area contributed by atoms with Crippen LogP contribution in [0.4, 0.5) is 34.1 Å². The minimum absolute atomic E-state index is 0.0150. The standard InChI is InChI=1S/C75H85BN2O/c1-44-33-51-55(73(12,13)30-27-69(51,4)5)40-60(44)78-62-43-66-49(48-37-53-57(42-65(48)79-66)75(16,17)32-28-71(53,8)9)38-58(62)76-59-39-54-56(74(14,15)31-29-72(54,10)11)41-61(59)77(47-23-24-50-52(36-47)70(6,7)26-25-68(50,2)3)63-34-46(35-64(78)67(63)76)45-21-19-18-20-22-45/h18-24,33-43H,25-32H2,1-17H3. The van der Waals surface area contributed by atoms with E-state index in [-0.39, 0.29) is 50.0 Å². The molecule has 3 heterocycles. The first-order chi connectivity index (χ1) is 37.0. The lowest BCUT2D eigenvalue weighted by Gasteiger charge is -2.48. The van der Waals surface area contributed by atoms with Gasteiger partial charge in [0.05, 0.1) is 0 Å². The van der Waals surface area contributed by atoms with E-state index in [0.717, 1.165) is 30.4 Å². The van der Waals surface area contributed by atoms with Crippen molar-refractivity contribution in [3.63, 3.8) is 0 Å². The lowest BCUT2D eigenvalue weighted by atomic mass is 9.33. The summed E-state index contributed by atoms with van der Waals surface area (Å²) in [5, 5.41) is 2.45. The van der Waals surface area contributed by atoms with E-state index in [1.165, 1.54) is 155 Å². The van der Waals surface area contributed by atoms with Crippen LogP contribution in [0, 0.1) is 6.92 Å². The molecule has 0 radical (unpaired) electrons. The SMILES string of the molecule is Cc1cc2c(cc1N1c3cc4oc5cc6c(cc5c4cc3B3c4cc5c(cc4N(c4ccc7c(c4)C(C)(C)CCC7(C)C)c4cc(-c7ccccc7)cc1c43)C(C)(C)CCC5(C)C)C(C)(C)CCC6(C)C)C(C)(C)CCC2(C)C. The fraction of sp³-hybridized carbons (Fsp3) is 0.440. The van der Waals surface area contributed by atoms with Crippen molar-refractivity contribution < 1.29 is 4.42 Å². The van der Waals surface area contributed by atoms with E-state index in [0.29, 0.717) is 0 Å². The predicted molar refractivity (Wildman–Crippen MR) is 339 cm³/mol. The van der Waals surface area contributed by atoms with Crippen molar-refractivity contribution >= 4 is 79.2 Å². The lowest BCUT2D eigenvalue weighted by molar-refractivity contribution is 0.332. The Morgan fingerprint density at radius 3 is 1.33 bits per heavy atom. The first kappa shape index (κ1) is 51.2. The van der Waals surface area contributed by atoms with Gasteiger partial charge in [0.15, 0.2) is 0 Å². The van der Waals surface area contributed by atoms with Crippen LogP contribution < -0.4 is 26.2 Å². The molecule has 4 heteroatoms. The van der Waals surface area contributed by atoms with Gasteiger partial charge in [-0.3, -0.25) is 0 Å². The number of hydrogen-bond acceptors (Lipinski definition) is 3. The molecule has 0 saturated heterocycles. The van der Waals surface area contributed by atoms with Crippen molar-refractivity contribution in [2.24, 2.45) is 0 Å². The van der Waals surface area contributed by atoms with E-state index in [4.69, 9.17) is 4.42 Å². The summed E-state index contributed by atoms with van der Waals surface area (Å²) in [7, 11) is 0. The molecule has 8 aromatic rings. The molecule has 0 N–H and O–H groups in total. The van der Waals surface area contributed by atoms with E-state index < -0.39 is 0 Å². The van der Waals surface area contributed by atoms with Crippen molar-refractivity contribution in [3.05, 3.63) is 159 Å². The molecule has 0 saturated carbocycles. The van der Waals surface area contributed by atoms with Crippen LogP contribution in [-0.4, -0.2) is 6.71 Å². The van der Waals surface area contributed by atoms with Crippen molar-refractivity contribution in [1.29, 1.82) is 0 Å². The molecule has 0 bridgehead atoms. The molecule has 404 valence electrons. The molecule has 4 aliphatic carbocycles. The van der Waals surface area contributed by atoms with E-state index in [9.17, 15) is 0 Å². The van der Waals surface area contributed by atoms with Crippen molar-refractivity contribution in [3.8, 4) is 11.1 Å². The number of fused-ring (bicyclic) bond motifs is 11. The molecule has 79 heavy (non-hydrogen) atoms. The number of anilines is 6. The van der Waals surface area contributed by atoms with Gasteiger partial charge in [-0.2, -0.15) is 0 Å². The summed E-state index contributed by atoms with van der Waals surface area (Å²) in [6.45, 7) is 41.9. The molecule has 2 aliphatic heterocycles. The Hall–Kier alpha value is -6.00. The van der Waals surface area contributed by atoms with E-state index >= 15 is 0 Å². The van der Waals surface area contributed by atoms with E-state index in [1.54, 1.807) is 0 Å². The Bertz CT molecular complexity index is 3940. The largest absolute Gasteiger partial charge is 0.456 e. The molecule has 0 unspecified atom stereocenters. The maximum absolute atomic E-state index is 7.31. The van der Waals surface area contributed by atoms with Crippen molar-refractivity contribution in [1.82, 2.24) is 0 Å². The van der Waals surface area contributed by atoms with Gasteiger partial charge in [0.1, 0.15) is 11.2 Å². The molecular weight excluding hydrogens is 956 g/mol. The molecule has 6 aliphatic rings. The summed E-state index contributed by atoms with van der Waals surface area (Å²) in [6, 6.07) is 44.6. The molecule has 0 fully saturated rings. The van der Waals surface area contributed by atoms with Crippen LogP contribution in [0.5, 0.6) is 0 Å². The van der Waals surface area contributed by atoms with Crippen LogP contribution in [0.1, 0.15) is 212 Å². The first-order valence-electron chi connectivity index (χ1n) is 30.4. The van der Waals surface area contributed by atoms with Gasteiger partial charge < -0.3 is 14.2 Å². The zero-order valence-corrected chi connectivity index (χ0v) is 50.9. The van der Waals surface area contributed by atoms with Crippen LogP contribution in [0.2, 0.25) is 0 Å². The summed E-state index contributed by atoms with van der Waals surface area (Å²) >= 11 is 0. The van der Waals surface area contributed by atoms with Crippen LogP contribution >= 0.6 is 0 Å². The molecule has 14 rings (SSSR count). The van der Waals surface area contributed by atoms with Gasteiger partial charge in [-0.05, 0) is 228 Å². The monoisotopic (exact) mass is 1040 g/mol. The highest BCUT2D eigenvalue weighted by molar-refractivity contribution is 7.00. The maximum Gasteiger partial charge on any atom is 0.252 e. The van der Waals surface area contributed by atoms with Gasteiger partial charge >= 0.3 is 0 Å². The second-order valence-electron chi connectivity index (χ2n) is 31.2. The third kappa shape index (κ3) is 7.36. The summed E-state index contributed by atoms with van der Waals surface area (Å²) in [5.74, 6) is 0. The smallest absolute Gasteiger partial charge is 0.252 e. The van der Waals surface area contributed by atoms with Gasteiger partial charge in [0, 0.05) is 51.0 Å². The topological polar surface area (TPSA) is 19.6 Å². The highest BCUT2D eigenvalue weighted by Crippen LogP contribution is 2.56. The summed E-state index contributed by atoms with van der Waals surface area (Å²) in [4.78, 5) is 5.45. The fourth-order valence-corrected chi connectivity index (χ4v) is 16.4. The molecule has 0 atom stereocenters. The van der Waals surface area contributed by atoms with Crippen LogP contribution in [0.3, 0.4) is 0 Å². The average Bonchev–Trinajstić information content (AvgIpc) is 3.10. The quantitative estimate of drug-likeness (QED) is 0.164. The third-order valence-corrected chi connectivity index (χ3v) is 22.2. The Labute approximate surface area is 473 Å². The molecule has 3 nitrogen and oxygen atoms in total. The van der Waals surface area contributed by atoms with Gasteiger partial charge in [-0.15, -0.1) is 0 Å². The fourth-order valence-electron chi connectivity index (χ4n) is 16.4. The van der Waals surface area contributed by atoms with Gasteiger partial charge in [-0.1, -0.05) is 165 Å². The van der Waals surface area contributed by atoms with Gasteiger partial charge in [0.25, 0.3) is 6.71 Å². The van der Waals surface area contributed by atoms with E-state index in [2.05, 4.69) is 237 Å². The minimum Gasteiger partial charge on any atom is -0.456 e. The highest BCUT2D eigenvalue weighted by Gasteiger charge is 2.49. The van der Waals surface area contributed by atoms with Gasteiger partial charge in [0.2, 0.25) is 0 Å². The molecule has 7 aromatic carbocycles. The minimum atomic E-state index is -0.0536. The van der Waals surface area contributed by atoms with Crippen LogP contribution in [-0.2, 0) is 43.3 Å². The zero-order chi connectivity index (χ0) is 55.7. The zero-order valence-electron chi connectivity index (χ0n) is 50.9. The molecule has 1 aromatic heterocycles. The van der Waals surface area contributed by atoms with Crippen molar-refractivity contribution in [2.45, 2.75) is 212 Å². The second-order valence-corrected chi connectivity index (χ2v) is 31.2. The van der Waals surface area contributed by atoms with Gasteiger partial charge in [-0.25, -0.2) is 0 Å². The number of benzene rings is 7. The summed E-state index contributed by atoms with van der Waals surface area (Å²) in [5.41, 5.74) is 29.7. The molecule has 0 amide bonds. The lowest BCUT2D eigenvalue weighted by Crippen LogP contribution is -2.62. The Kier molecular flexibility index (Phi) is 10.5. The molecular formula is C75H85BN2O. The normalized spacial score (nSPS) is 21.6. The number of furan rings is 1. The first-order valence-corrected chi connectivity index (χ1v) is 30.4. The van der Waals surface area contributed by atoms with Crippen LogP contribution in [0.15, 0.2) is 114 Å². The average molecular weight is 1040 g/mol. The Morgan fingerprint density at radius 2 is 0.759 bits per heavy atom. The Morgan fingerprint density at radius 1 is 0.342 bits per heavy atom. The van der Waals surface area contributed by atoms with Crippen molar-refractivity contribution in [2.75, 3.05) is 9.80 Å². The number of hydrogen-bond donors (Lipinski definition) is 0. The Balaban J connectivity index is 1.15. The number of nitrogens with zero attached hydrogens (tertiary/aromatic N) is 2. The number of rotatable bonds is 3. The summed E-state index contributed by atoms with van der Waals surface area (Å²) < 4.78 is 7.31. The highest BCUT2D eigenvalue weighted by atomic mass is 16.3. The number of aryl methyl sites for hydroxylation is 1. The summed E-state index contributed by atoms with van der Waals surface area (Å²) in [6.07, 6.45) is 9.34. The second kappa shape index (κ2) is 16.1. The molecule has 0 spiro atoms. The van der Waals surface area contributed by atoms with E-state index in [1.807, 2.05) is 0 Å². The predicted octanol–water partition coefficient (Wildman–Crippen LogP) is 19.0.